The molecule has 160 valence electrons. The minimum Gasteiger partial charge on any atom is -0.497 e. The number of aliphatic hydroxyl groups is 1. The average Bonchev–Trinajstić information content (AvgIpc) is 3.09. The van der Waals surface area contributed by atoms with Gasteiger partial charge in [-0.05, 0) is 50.1 Å². The van der Waals surface area contributed by atoms with Crippen LogP contribution in [0.25, 0.3) is 11.0 Å². The monoisotopic (exact) mass is 409 g/mol. The molecule has 3 rings (SSSR count). The van der Waals surface area contributed by atoms with Crippen molar-refractivity contribution in [2.45, 2.75) is 32.9 Å². The number of aliphatic hydroxyl groups excluding tert-OH is 1. The molecule has 0 saturated heterocycles. The van der Waals surface area contributed by atoms with Gasteiger partial charge in [-0.25, -0.2) is 4.98 Å². The van der Waals surface area contributed by atoms with Gasteiger partial charge < -0.3 is 25.0 Å². The van der Waals surface area contributed by atoms with Crippen molar-refractivity contribution in [1.82, 2.24) is 20.2 Å². The number of nitrogens with zero attached hydrogens (tertiary/aromatic N) is 3. The van der Waals surface area contributed by atoms with Crippen molar-refractivity contribution in [2.75, 3.05) is 26.7 Å². The van der Waals surface area contributed by atoms with Crippen LogP contribution in [0, 0.1) is 6.92 Å². The molecule has 1 aromatic heterocycles. The lowest BCUT2D eigenvalue weighted by Crippen LogP contribution is -2.38. The van der Waals surface area contributed by atoms with E-state index in [2.05, 4.69) is 31.2 Å². The van der Waals surface area contributed by atoms with Crippen LogP contribution in [0.1, 0.15) is 30.8 Å². The molecule has 0 aliphatic rings. The van der Waals surface area contributed by atoms with E-state index >= 15 is 0 Å². The number of aromatic nitrogens is 2. The van der Waals surface area contributed by atoms with Gasteiger partial charge in [0, 0.05) is 19.6 Å². The van der Waals surface area contributed by atoms with Crippen molar-refractivity contribution in [3.8, 4) is 5.75 Å². The first kappa shape index (κ1) is 21.6. The summed E-state index contributed by atoms with van der Waals surface area (Å²) in [6, 6.07) is 15.6. The van der Waals surface area contributed by atoms with Crippen LogP contribution in [0.4, 0.5) is 0 Å². The molecule has 1 atom stereocenters. The summed E-state index contributed by atoms with van der Waals surface area (Å²) in [6.45, 7) is 6.74. The van der Waals surface area contributed by atoms with Gasteiger partial charge in [0.15, 0.2) is 5.96 Å². The first-order valence-corrected chi connectivity index (χ1v) is 10.4. The number of benzene rings is 2. The summed E-state index contributed by atoms with van der Waals surface area (Å²) >= 11 is 0. The zero-order valence-corrected chi connectivity index (χ0v) is 17.9. The van der Waals surface area contributed by atoms with Gasteiger partial charge in [-0.1, -0.05) is 24.3 Å². The van der Waals surface area contributed by atoms with Crippen molar-refractivity contribution >= 4 is 17.0 Å². The van der Waals surface area contributed by atoms with E-state index in [4.69, 9.17) is 4.74 Å². The highest BCUT2D eigenvalue weighted by molar-refractivity contribution is 5.79. The van der Waals surface area contributed by atoms with Crippen LogP contribution in [0.15, 0.2) is 53.5 Å². The Morgan fingerprint density at radius 3 is 2.83 bits per heavy atom. The predicted octanol–water partition coefficient (Wildman–Crippen LogP) is 3.03. The van der Waals surface area contributed by atoms with Crippen molar-refractivity contribution in [1.29, 1.82) is 0 Å². The van der Waals surface area contributed by atoms with Crippen LogP contribution in [0.2, 0.25) is 0 Å². The van der Waals surface area contributed by atoms with E-state index in [0.29, 0.717) is 5.96 Å². The summed E-state index contributed by atoms with van der Waals surface area (Å²) in [4.78, 5) is 9.15. The Hall–Kier alpha value is -3.06. The fourth-order valence-corrected chi connectivity index (χ4v) is 3.40. The molecule has 3 N–H and O–H groups in total. The van der Waals surface area contributed by atoms with Gasteiger partial charge in [0.1, 0.15) is 11.6 Å². The number of aliphatic imine (C=N–C) groups is 1. The lowest BCUT2D eigenvalue weighted by atomic mass is 10.1. The van der Waals surface area contributed by atoms with E-state index in [1.807, 2.05) is 56.3 Å². The molecular formula is C23H31N5O2. The molecular weight excluding hydrogens is 378 g/mol. The molecule has 0 radical (unpaired) electrons. The SMILES string of the molecule is CCNC(=NCC(O)c1cccc(OC)c1)NCCCn1c(C)nc2ccccc21. The molecule has 7 nitrogen and oxygen atoms in total. The Kier molecular flexibility index (Phi) is 7.68. The molecule has 30 heavy (non-hydrogen) atoms. The van der Waals surface area contributed by atoms with Gasteiger partial charge in [0.05, 0.1) is 30.8 Å². The van der Waals surface area contributed by atoms with Crippen LogP contribution in [0.3, 0.4) is 0 Å². The zero-order valence-electron chi connectivity index (χ0n) is 17.9. The van der Waals surface area contributed by atoms with Crippen LogP contribution >= 0.6 is 0 Å². The number of rotatable bonds is 9. The lowest BCUT2D eigenvalue weighted by molar-refractivity contribution is 0.186. The molecule has 0 bridgehead atoms. The third-order valence-corrected chi connectivity index (χ3v) is 4.94. The van der Waals surface area contributed by atoms with E-state index < -0.39 is 6.10 Å². The Morgan fingerprint density at radius 1 is 1.20 bits per heavy atom. The molecule has 2 aromatic carbocycles. The normalized spacial score (nSPS) is 12.7. The number of fused-ring (bicyclic) bond motifs is 1. The van der Waals surface area contributed by atoms with E-state index in [9.17, 15) is 5.11 Å². The van der Waals surface area contributed by atoms with Crippen molar-refractivity contribution in [2.24, 2.45) is 4.99 Å². The summed E-state index contributed by atoms with van der Waals surface area (Å²) in [6.07, 6.45) is 0.250. The number of guanidine groups is 1. The van der Waals surface area contributed by atoms with E-state index in [-0.39, 0.29) is 6.54 Å². The highest BCUT2D eigenvalue weighted by Crippen LogP contribution is 2.19. The largest absolute Gasteiger partial charge is 0.497 e. The van der Waals surface area contributed by atoms with Crippen LogP contribution in [0.5, 0.6) is 5.75 Å². The van der Waals surface area contributed by atoms with Crippen molar-refractivity contribution < 1.29 is 9.84 Å². The maximum atomic E-state index is 10.5. The topological polar surface area (TPSA) is 83.7 Å². The first-order chi connectivity index (χ1) is 14.6. The van der Waals surface area contributed by atoms with Gasteiger partial charge >= 0.3 is 0 Å². The molecule has 7 heteroatoms. The fraction of sp³-hybridized carbons (Fsp3) is 0.391. The van der Waals surface area contributed by atoms with E-state index in [1.165, 1.54) is 0 Å². The van der Waals surface area contributed by atoms with Gasteiger partial charge in [0.25, 0.3) is 0 Å². The second kappa shape index (κ2) is 10.6. The molecule has 3 aromatic rings. The van der Waals surface area contributed by atoms with E-state index in [1.54, 1.807) is 7.11 Å². The second-order valence-corrected chi connectivity index (χ2v) is 7.09. The second-order valence-electron chi connectivity index (χ2n) is 7.09. The molecule has 1 heterocycles. The van der Waals surface area contributed by atoms with Crippen LogP contribution in [-0.4, -0.2) is 47.4 Å². The molecule has 1 unspecified atom stereocenters. The fourth-order valence-electron chi connectivity index (χ4n) is 3.40. The summed E-state index contributed by atoms with van der Waals surface area (Å²) in [5.41, 5.74) is 2.98. The molecule has 0 fully saturated rings. The number of hydrogen-bond acceptors (Lipinski definition) is 4. The number of hydrogen-bond donors (Lipinski definition) is 3. The molecule has 0 saturated carbocycles. The van der Waals surface area contributed by atoms with Crippen molar-refractivity contribution in [3.05, 3.63) is 59.9 Å². The van der Waals surface area contributed by atoms with E-state index in [0.717, 1.165) is 54.2 Å². The molecule has 0 spiro atoms. The Labute approximate surface area is 177 Å². The quantitative estimate of drug-likeness (QED) is 0.287. The van der Waals surface area contributed by atoms with Gasteiger partial charge in [-0.15, -0.1) is 0 Å². The number of imidazole rings is 1. The number of ether oxygens (including phenoxy) is 1. The zero-order chi connectivity index (χ0) is 21.3. The highest BCUT2D eigenvalue weighted by atomic mass is 16.5. The van der Waals surface area contributed by atoms with Gasteiger partial charge in [0.2, 0.25) is 0 Å². The highest BCUT2D eigenvalue weighted by Gasteiger charge is 2.09. The lowest BCUT2D eigenvalue weighted by Gasteiger charge is -2.14. The average molecular weight is 410 g/mol. The number of nitrogens with one attached hydrogen (secondary N) is 2. The Morgan fingerprint density at radius 2 is 2.03 bits per heavy atom. The third-order valence-electron chi connectivity index (χ3n) is 4.94. The third kappa shape index (κ3) is 5.51. The summed E-state index contributed by atoms with van der Waals surface area (Å²) in [5, 5.41) is 17.0. The molecule has 0 aliphatic carbocycles. The predicted molar refractivity (Wildman–Crippen MR) is 121 cm³/mol. The number of para-hydroxylation sites is 2. The smallest absolute Gasteiger partial charge is 0.191 e. The van der Waals surface area contributed by atoms with Gasteiger partial charge in [-0.3, -0.25) is 4.99 Å². The molecule has 0 amide bonds. The van der Waals surface area contributed by atoms with Gasteiger partial charge in [-0.2, -0.15) is 0 Å². The Balaban J connectivity index is 1.54. The first-order valence-electron chi connectivity index (χ1n) is 10.4. The van der Waals surface area contributed by atoms with Crippen LogP contribution in [-0.2, 0) is 6.54 Å². The van der Waals surface area contributed by atoms with Crippen LogP contribution < -0.4 is 15.4 Å². The maximum absolute atomic E-state index is 10.5. The minimum atomic E-state index is -0.685. The number of aryl methyl sites for hydroxylation is 2. The minimum absolute atomic E-state index is 0.272. The Bertz CT molecular complexity index is 983. The number of methoxy groups -OCH3 is 1. The summed E-state index contributed by atoms with van der Waals surface area (Å²) in [7, 11) is 1.62. The maximum Gasteiger partial charge on any atom is 0.191 e. The standard InChI is InChI=1S/C23H31N5O2/c1-4-24-23(26-16-22(29)18-9-7-10-19(15-18)30-3)25-13-8-14-28-17(2)27-20-11-5-6-12-21(20)28/h5-7,9-12,15,22,29H,4,8,13-14,16H2,1-3H3,(H2,24,25,26). The molecule has 0 aliphatic heterocycles. The summed E-state index contributed by atoms with van der Waals surface area (Å²) in [5.74, 6) is 2.45. The van der Waals surface area contributed by atoms with Crippen molar-refractivity contribution in [3.63, 3.8) is 0 Å². The summed E-state index contributed by atoms with van der Waals surface area (Å²) < 4.78 is 7.47.